The zero-order valence-corrected chi connectivity index (χ0v) is 9.12. The Bertz CT molecular complexity index is 235. The lowest BCUT2D eigenvalue weighted by Crippen LogP contribution is -2.01. The average Bonchev–Trinajstić information content (AvgIpc) is 1.86. The first kappa shape index (κ1) is 9.20. The molecule has 0 nitrogen and oxygen atoms in total. The van der Waals surface area contributed by atoms with Gasteiger partial charge in [0.2, 0.25) is 0 Å². The van der Waals surface area contributed by atoms with Crippen molar-refractivity contribution in [1.82, 2.24) is 0 Å². The van der Waals surface area contributed by atoms with Gasteiger partial charge in [-0.2, -0.15) is 0 Å². The van der Waals surface area contributed by atoms with Crippen molar-refractivity contribution in [3.8, 4) is 0 Å². The van der Waals surface area contributed by atoms with Gasteiger partial charge in [0.1, 0.15) is 9.05 Å². The van der Waals surface area contributed by atoms with Crippen LogP contribution in [-0.2, 0) is 3.23 Å². The van der Waals surface area contributed by atoms with Crippen LogP contribution in [-0.4, -0.2) is 0 Å². The summed E-state index contributed by atoms with van der Waals surface area (Å²) in [7, 11) is 0. The molecule has 0 aliphatic carbocycles. The van der Waals surface area contributed by atoms with Crippen LogP contribution in [0.2, 0.25) is 0 Å². The zero-order valence-electron chi connectivity index (χ0n) is 5.94. The Labute approximate surface area is 82.1 Å². The summed E-state index contributed by atoms with van der Waals surface area (Å²) in [5.74, 6) is -0.210. The molecule has 0 bridgehead atoms. The molecule has 0 atom stereocenters. The highest BCUT2D eigenvalue weighted by molar-refractivity contribution is 9.24. The molecule has 0 heterocycles. The molecule has 11 heavy (non-hydrogen) atoms. The molecule has 0 saturated heterocycles. The molecule has 1 aromatic rings. The van der Waals surface area contributed by atoms with E-state index in [4.69, 9.17) is 0 Å². The first-order chi connectivity index (χ1) is 5.00. The Morgan fingerprint density at radius 3 is 2.00 bits per heavy atom. The predicted molar refractivity (Wildman–Crippen MR) is 51.6 cm³/mol. The average molecular weight is 282 g/mol. The summed E-state index contributed by atoms with van der Waals surface area (Å²) >= 11 is 6.81. The molecule has 0 aromatic heterocycles. The summed E-state index contributed by atoms with van der Waals surface area (Å²) in [6.45, 7) is 1.94. The molecule has 0 fully saturated rings. The molecule has 0 aliphatic rings. The third kappa shape index (κ3) is 2.56. The minimum absolute atomic E-state index is 0.210. The van der Waals surface area contributed by atoms with Crippen LogP contribution in [0.4, 0.5) is 4.39 Å². The van der Waals surface area contributed by atoms with Crippen LogP contribution >= 0.6 is 31.9 Å². The predicted octanol–water partition coefficient (Wildman–Crippen LogP) is 3.79. The third-order valence-corrected chi connectivity index (χ3v) is 2.27. The van der Waals surface area contributed by atoms with Gasteiger partial charge in [-0.15, -0.1) is 0 Å². The van der Waals surface area contributed by atoms with Crippen molar-refractivity contribution in [2.45, 2.75) is 10.2 Å². The normalized spacial score (nSPS) is 11.6. The van der Waals surface area contributed by atoms with Crippen molar-refractivity contribution >= 4 is 31.9 Å². The lowest BCUT2D eigenvalue weighted by atomic mass is 10.2. The van der Waals surface area contributed by atoms with Gasteiger partial charge in [-0.1, -0.05) is 44.0 Å². The number of rotatable bonds is 1. The van der Waals surface area contributed by atoms with E-state index in [1.54, 1.807) is 12.1 Å². The largest absolute Gasteiger partial charge is 0.207 e. The van der Waals surface area contributed by atoms with E-state index in [2.05, 4.69) is 31.9 Å². The molecule has 0 radical (unpaired) electrons. The first-order valence-electron chi connectivity index (χ1n) is 3.14. The maximum absolute atomic E-state index is 12.4. The van der Waals surface area contributed by atoms with E-state index in [1.807, 2.05) is 6.92 Å². The van der Waals surface area contributed by atoms with Gasteiger partial charge in [0.05, 0.1) is 0 Å². The number of hydrogen-bond donors (Lipinski definition) is 0. The fourth-order valence-corrected chi connectivity index (χ4v) is 1.27. The van der Waals surface area contributed by atoms with Crippen molar-refractivity contribution in [1.29, 1.82) is 0 Å². The Morgan fingerprint density at radius 1 is 1.18 bits per heavy atom. The van der Waals surface area contributed by atoms with Crippen LogP contribution in [0.15, 0.2) is 24.3 Å². The van der Waals surface area contributed by atoms with E-state index in [-0.39, 0.29) is 9.05 Å². The SMILES string of the molecule is CC(Br)(Br)c1ccc(F)cc1. The molecule has 0 N–H and O–H groups in total. The number of benzene rings is 1. The number of alkyl halides is 2. The highest BCUT2D eigenvalue weighted by atomic mass is 79.9. The molecule has 0 unspecified atom stereocenters. The number of halogens is 3. The standard InChI is InChI=1S/C8H7Br2F/c1-8(9,10)6-2-4-7(11)5-3-6/h2-5H,1H3. The summed E-state index contributed by atoms with van der Waals surface area (Å²) in [6.07, 6.45) is 0. The second-order valence-electron chi connectivity index (χ2n) is 2.40. The molecule has 0 saturated carbocycles. The summed E-state index contributed by atoms with van der Waals surface area (Å²) < 4.78 is 12.2. The van der Waals surface area contributed by atoms with Gasteiger partial charge in [0.25, 0.3) is 0 Å². The monoisotopic (exact) mass is 280 g/mol. The van der Waals surface area contributed by atoms with E-state index in [0.717, 1.165) is 5.56 Å². The van der Waals surface area contributed by atoms with Gasteiger partial charge >= 0.3 is 0 Å². The van der Waals surface area contributed by atoms with Crippen molar-refractivity contribution in [2.75, 3.05) is 0 Å². The Kier molecular flexibility index (Phi) is 2.70. The summed E-state index contributed by atoms with van der Waals surface area (Å²) in [6, 6.07) is 6.35. The Morgan fingerprint density at radius 2 is 1.64 bits per heavy atom. The molecule has 1 rings (SSSR count). The molecular weight excluding hydrogens is 275 g/mol. The Balaban J connectivity index is 2.99. The van der Waals surface area contributed by atoms with Crippen LogP contribution in [0.5, 0.6) is 0 Å². The molecular formula is C8H7Br2F. The quantitative estimate of drug-likeness (QED) is 0.687. The van der Waals surface area contributed by atoms with Gasteiger partial charge in [-0.05, 0) is 24.6 Å². The van der Waals surface area contributed by atoms with E-state index in [9.17, 15) is 4.39 Å². The van der Waals surface area contributed by atoms with E-state index >= 15 is 0 Å². The van der Waals surface area contributed by atoms with Gasteiger partial charge < -0.3 is 0 Å². The fraction of sp³-hybridized carbons (Fsp3) is 0.250. The van der Waals surface area contributed by atoms with Crippen molar-refractivity contribution < 1.29 is 4.39 Å². The van der Waals surface area contributed by atoms with Crippen molar-refractivity contribution in [3.63, 3.8) is 0 Å². The fourth-order valence-electron chi connectivity index (χ4n) is 0.743. The van der Waals surface area contributed by atoms with Gasteiger partial charge in [0, 0.05) is 0 Å². The maximum Gasteiger partial charge on any atom is 0.123 e. The number of hydrogen-bond acceptors (Lipinski definition) is 0. The summed E-state index contributed by atoms with van der Waals surface area (Å²) in [4.78, 5) is 0. The Hall–Kier alpha value is 0.110. The van der Waals surface area contributed by atoms with Crippen LogP contribution in [0.25, 0.3) is 0 Å². The molecule has 0 amide bonds. The second-order valence-corrected chi connectivity index (χ2v) is 6.63. The second kappa shape index (κ2) is 3.23. The van der Waals surface area contributed by atoms with Gasteiger partial charge in [-0.25, -0.2) is 4.39 Å². The van der Waals surface area contributed by atoms with Crippen LogP contribution in [0.3, 0.4) is 0 Å². The summed E-state index contributed by atoms with van der Waals surface area (Å²) in [5, 5.41) is 0. The van der Waals surface area contributed by atoms with Crippen LogP contribution in [0.1, 0.15) is 12.5 Å². The molecule has 0 spiro atoms. The van der Waals surface area contributed by atoms with Crippen LogP contribution < -0.4 is 0 Å². The van der Waals surface area contributed by atoms with Gasteiger partial charge in [-0.3, -0.25) is 0 Å². The minimum atomic E-state index is -0.256. The molecule has 1 aromatic carbocycles. The topological polar surface area (TPSA) is 0 Å². The molecule has 0 aliphatic heterocycles. The van der Waals surface area contributed by atoms with E-state index in [1.165, 1.54) is 12.1 Å². The van der Waals surface area contributed by atoms with E-state index < -0.39 is 0 Å². The zero-order chi connectivity index (χ0) is 8.48. The van der Waals surface area contributed by atoms with Crippen LogP contribution in [0, 0.1) is 5.82 Å². The highest BCUT2D eigenvalue weighted by Gasteiger charge is 2.17. The molecule has 3 heteroatoms. The summed E-state index contributed by atoms with van der Waals surface area (Å²) in [5.41, 5.74) is 0.999. The smallest absolute Gasteiger partial charge is 0.123 e. The van der Waals surface area contributed by atoms with Crippen molar-refractivity contribution in [2.24, 2.45) is 0 Å². The molecule has 60 valence electrons. The minimum Gasteiger partial charge on any atom is -0.207 e. The lowest BCUT2D eigenvalue weighted by Gasteiger charge is -2.13. The van der Waals surface area contributed by atoms with E-state index in [0.29, 0.717) is 0 Å². The highest BCUT2D eigenvalue weighted by Crippen LogP contribution is 2.36. The maximum atomic E-state index is 12.4. The first-order valence-corrected chi connectivity index (χ1v) is 4.72. The van der Waals surface area contributed by atoms with Gasteiger partial charge in [0.15, 0.2) is 0 Å². The third-order valence-electron chi connectivity index (χ3n) is 1.35. The van der Waals surface area contributed by atoms with Crippen molar-refractivity contribution in [3.05, 3.63) is 35.6 Å². The lowest BCUT2D eigenvalue weighted by molar-refractivity contribution is 0.627.